The highest BCUT2D eigenvalue weighted by atomic mass is 32.2. The Labute approximate surface area is 122 Å². The first-order valence-corrected chi connectivity index (χ1v) is 7.26. The zero-order valence-corrected chi connectivity index (χ0v) is 12.0. The number of thioether (sulfide) groups is 1. The molecule has 2 rings (SSSR count). The van der Waals surface area contributed by atoms with Gasteiger partial charge in [0.2, 0.25) is 0 Å². The van der Waals surface area contributed by atoms with E-state index in [1.807, 2.05) is 25.2 Å². The zero-order chi connectivity index (χ0) is 14.4. The number of benzene rings is 2. The molecule has 0 radical (unpaired) electrons. The molecule has 0 atom stereocenters. The highest BCUT2D eigenvalue weighted by Gasteiger charge is 2.05. The maximum absolute atomic E-state index is 13.8. The number of rotatable bonds is 5. The van der Waals surface area contributed by atoms with Crippen molar-refractivity contribution in [2.24, 2.45) is 0 Å². The van der Waals surface area contributed by atoms with E-state index in [1.54, 1.807) is 23.9 Å². The summed E-state index contributed by atoms with van der Waals surface area (Å²) in [7, 11) is 1.91. The van der Waals surface area contributed by atoms with Crippen LogP contribution in [0.2, 0.25) is 0 Å². The first kappa shape index (κ1) is 14.6. The molecule has 0 unspecified atom stereocenters. The number of nitrogens with one attached hydrogen (secondary N) is 1. The number of hydrogen-bond donors (Lipinski definition) is 1. The minimum atomic E-state index is -0.317. The molecule has 0 saturated heterocycles. The van der Waals surface area contributed by atoms with E-state index in [2.05, 4.69) is 17.4 Å². The van der Waals surface area contributed by atoms with E-state index in [9.17, 15) is 4.39 Å². The molecule has 0 aliphatic rings. The Morgan fingerprint density at radius 1 is 1.25 bits per heavy atom. The van der Waals surface area contributed by atoms with Crippen LogP contribution in [0.3, 0.4) is 0 Å². The molecule has 0 aromatic heterocycles. The zero-order valence-electron chi connectivity index (χ0n) is 11.2. The van der Waals surface area contributed by atoms with Gasteiger partial charge >= 0.3 is 0 Å². The molecule has 0 bridgehead atoms. The molecule has 4 heteroatoms. The molecular formula is C16H15FN2S. The maximum Gasteiger partial charge on any atom is 0.128 e. The molecule has 2 aromatic rings. The van der Waals surface area contributed by atoms with Crippen LogP contribution in [0.1, 0.15) is 16.7 Å². The van der Waals surface area contributed by atoms with Crippen LogP contribution >= 0.6 is 11.8 Å². The quantitative estimate of drug-likeness (QED) is 0.851. The molecule has 0 heterocycles. The van der Waals surface area contributed by atoms with Crippen LogP contribution in [0.5, 0.6) is 0 Å². The molecule has 2 nitrogen and oxygen atoms in total. The fraction of sp³-hybridized carbons (Fsp3) is 0.188. The molecule has 0 amide bonds. The summed E-state index contributed by atoms with van der Waals surface area (Å²) in [6, 6.07) is 14.7. The van der Waals surface area contributed by atoms with Gasteiger partial charge in [0.1, 0.15) is 5.82 Å². The van der Waals surface area contributed by atoms with Crippen molar-refractivity contribution in [3.05, 3.63) is 65.0 Å². The van der Waals surface area contributed by atoms with Crippen molar-refractivity contribution in [1.29, 1.82) is 5.26 Å². The molecule has 20 heavy (non-hydrogen) atoms. The summed E-state index contributed by atoms with van der Waals surface area (Å²) in [5, 5.41) is 11.8. The van der Waals surface area contributed by atoms with Crippen LogP contribution in [-0.2, 0) is 12.3 Å². The van der Waals surface area contributed by atoms with Crippen LogP contribution in [0.25, 0.3) is 0 Å². The maximum atomic E-state index is 13.8. The third kappa shape index (κ3) is 3.83. The number of halogens is 1. The average Bonchev–Trinajstić information content (AvgIpc) is 2.46. The molecule has 1 N–H and O–H groups in total. The highest BCUT2D eigenvalue weighted by Crippen LogP contribution is 2.25. The third-order valence-corrected chi connectivity index (χ3v) is 3.90. The molecule has 102 valence electrons. The van der Waals surface area contributed by atoms with E-state index >= 15 is 0 Å². The van der Waals surface area contributed by atoms with Gasteiger partial charge in [-0.05, 0) is 42.4 Å². The van der Waals surface area contributed by atoms with Gasteiger partial charge in [-0.1, -0.05) is 18.2 Å². The summed E-state index contributed by atoms with van der Waals surface area (Å²) in [4.78, 5) is 1.11. The number of nitriles is 1. The third-order valence-electron chi connectivity index (χ3n) is 2.86. The Bertz CT molecular complexity index is 635. The highest BCUT2D eigenvalue weighted by molar-refractivity contribution is 7.98. The van der Waals surface area contributed by atoms with Gasteiger partial charge in [0.25, 0.3) is 0 Å². The summed E-state index contributed by atoms with van der Waals surface area (Å²) in [5.74, 6) is 0.239. The van der Waals surface area contributed by atoms with Crippen molar-refractivity contribution in [2.45, 2.75) is 17.2 Å². The number of nitrogens with zero attached hydrogens (tertiary/aromatic N) is 1. The van der Waals surface area contributed by atoms with E-state index in [1.165, 1.54) is 11.6 Å². The van der Waals surface area contributed by atoms with E-state index in [0.717, 1.165) is 11.4 Å². The summed E-state index contributed by atoms with van der Waals surface area (Å²) < 4.78 is 13.8. The summed E-state index contributed by atoms with van der Waals surface area (Å²) >= 11 is 1.59. The average molecular weight is 286 g/mol. The van der Waals surface area contributed by atoms with Gasteiger partial charge in [-0.15, -0.1) is 11.8 Å². The van der Waals surface area contributed by atoms with Crippen LogP contribution in [0, 0.1) is 17.1 Å². The van der Waals surface area contributed by atoms with Gasteiger partial charge < -0.3 is 5.32 Å². The van der Waals surface area contributed by atoms with Crippen molar-refractivity contribution in [3.8, 4) is 6.07 Å². The summed E-state index contributed by atoms with van der Waals surface area (Å²) in [6.07, 6.45) is 0. The van der Waals surface area contributed by atoms with E-state index < -0.39 is 0 Å². The van der Waals surface area contributed by atoms with Gasteiger partial charge in [0, 0.05) is 17.2 Å². The fourth-order valence-corrected chi connectivity index (χ4v) is 2.81. The monoisotopic (exact) mass is 286 g/mol. The van der Waals surface area contributed by atoms with E-state index in [-0.39, 0.29) is 5.82 Å². The lowest BCUT2D eigenvalue weighted by atomic mass is 10.1. The molecule has 0 aliphatic heterocycles. The van der Waals surface area contributed by atoms with Gasteiger partial charge in [-0.2, -0.15) is 5.26 Å². The Morgan fingerprint density at radius 2 is 2.10 bits per heavy atom. The van der Waals surface area contributed by atoms with Crippen molar-refractivity contribution in [1.82, 2.24) is 5.32 Å². The molecule has 0 fully saturated rings. The largest absolute Gasteiger partial charge is 0.316 e. The Morgan fingerprint density at radius 3 is 2.80 bits per heavy atom. The van der Waals surface area contributed by atoms with Crippen molar-refractivity contribution < 1.29 is 4.39 Å². The van der Waals surface area contributed by atoms with E-state index in [4.69, 9.17) is 5.26 Å². The molecule has 0 spiro atoms. The van der Waals surface area contributed by atoms with Crippen LogP contribution < -0.4 is 5.32 Å². The minimum absolute atomic E-state index is 0.317. The smallest absolute Gasteiger partial charge is 0.128 e. The summed E-state index contributed by atoms with van der Waals surface area (Å²) in [5.41, 5.74) is 2.18. The Hall–Kier alpha value is -1.83. The Balaban J connectivity index is 2.05. The van der Waals surface area contributed by atoms with Crippen molar-refractivity contribution >= 4 is 11.8 Å². The first-order valence-electron chi connectivity index (χ1n) is 6.28. The van der Waals surface area contributed by atoms with Gasteiger partial charge in [-0.25, -0.2) is 4.39 Å². The van der Waals surface area contributed by atoms with Crippen LogP contribution in [0.15, 0.2) is 47.4 Å². The first-order chi connectivity index (χ1) is 9.72. The van der Waals surface area contributed by atoms with Crippen molar-refractivity contribution in [3.63, 3.8) is 0 Å². The lowest BCUT2D eigenvalue weighted by molar-refractivity contribution is 0.617. The molecule has 0 saturated carbocycles. The SMILES string of the molecule is CNCc1cccc(SCc2ccc(C#N)cc2F)c1. The van der Waals surface area contributed by atoms with Crippen LogP contribution in [-0.4, -0.2) is 7.05 Å². The molecule has 0 aliphatic carbocycles. The van der Waals surface area contributed by atoms with Gasteiger partial charge in [0.05, 0.1) is 11.6 Å². The second-order valence-corrected chi connectivity index (χ2v) is 5.43. The molecular weight excluding hydrogens is 271 g/mol. The number of hydrogen-bond acceptors (Lipinski definition) is 3. The van der Waals surface area contributed by atoms with Gasteiger partial charge in [0.15, 0.2) is 0 Å². The fourth-order valence-electron chi connectivity index (χ4n) is 1.84. The summed E-state index contributed by atoms with van der Waals surface area (Å²) in [6.45, 7) is 0.819. The predicted molar refractivity (Wildman–Crippen MR) is 79.9 cm³/mol. The Kier molecular flexibility index (Phi) is 5.16. The van der Waals surface area contributed by atoms with Crippen LogP contribution in [0.4, 0.5) is 4.39 Å². The lowest BCUT2D eigenvalue weighted by Gasteiger charge is -2.06. The lowest BCUT2D eigenvalue weighted by Crippen LogP contribution is -2.04. The van der Waals surface area contributed by atoms with Crippen molar-refractivity contribution in [2.75, 3.05) is 7.05 Å². The van der Waals surface area contributed by atoms with Gasteiger partial charge in [-0.3, -0.25) is 0 Å². The van der Waals surface area contributed by atoms with E-state index in [0.29, 0.717) is 16.9 Å². The molecule has 2 aromatic carbocycles. The topological polar surface area (TPSA) is 35.8 Å². The normalized spacial score (nSPS) is 10.2. The standard InChI is InChI=1S/C16H15FN2S/c1-19-10-13-3-2-4-15(7-13)20-11-14-6-5-12(9-18)8-16(14)17/h2-8,19H,10-11H2,1H3. The minimum Gasteiger partial charge on any atom is -0.316 e. The predicted octanol–water partition coefficient (Wildman–Crippen LogP) is 3.71. The second kappa shape index (κ2) is 7.09. The second-order valence-electron chi connectivity index (χ2n) is 4.38.